The molecule has 0 spiro atoms. The fraction of sp³-hybridized carbons (Fsp3) is 0.688. The zero-order chi connectivity index (χ0) is 12.4. The Morgan fingerprint density at radius 3 is 3.11 bits per heavy atom. The molecule has 1 N–H and O–H groups in total. The fourth-order valence-corrected chi connectivity index (χ4v) is 4.17. The van der Waals surface area contributed by atoms with E-state index >= 15 is 0 Å². The van der Waals surface area contributed by atoms with Gasteiger partial charge in [0, 0.05) is 17.8 Å². The number of aryl methyl sites for hydroxylation is 1. The first-order valence-corrected chi connectivity index (χ1v) is 7.48. The average Bonchev–Trinajstić information content (AvgIpc) is 2.87. The molecule has 2 heteroatoms. The number of fused-ring (bicyclic) bond motifs is 1. The number of rotatable bonds is 3. The van der Waals surface area contributed by atoms with Crippen LogP contribution in [0.3, 0.4) is 0 Å². The van der Waals surface area contributed by atoms with E-state index in [1.807, 2.05) is 6.20 Å². The Labute approximate surface area is 110 Å². The van der Waals surface area contributed by atoms with E-state index in [0.717, 1.165) is 17.8 Å². The standard InChI is InChI=1S/C16H24N2/c1-17-11-13-6-3-8-14(13)15-9-2-5-12-7-4-10-18-16(12)15/h4,7,10,13-15,17H,2-3,5-6,8-9,11H2,1H3. The Hall–Kier alpha value is -0.890. The van der Waals surface area contributed by atoms with E-state index in [2.05, 4.69) is 24.5 Å². The smallest absolute Gasteiger partial charge is 0.0469 e. The molecule has 0 amide bonds. The highest BCUT2D eigenvalue weighted by atomic mass is 14.8. The Morgan fingerprint density at radius 2 is 2.22 bits per heavy atom. The van der Waals surface area contributed by atoms with E-state index in [9.17, 15) is 0 Å². The first kappa shape index (κ1) is 12.2. The Morgan fingerprint density at radius 1 is 1.28 bits per heavy atom. The van der Waals surface area contributed by atoms with Crippen molar-refractivity contribution in [2.75, 3.05) is 13.6 Å². The minimum Gasteiger partial charge on any atom is -0.319 e. The maximum Gasteiger partial charge on any atom is 0.0469 e. The fourth-order valence-electron chi connectivity index (χ4n) is 4.17. The summed E-state index contributed by atoms with van der Waals surface area (Å²) in [6, 6.07) is 4.39. The van der Waals surface area contributed by atoms with Gasteiger partial charge in [0.05, 0.1) is 0 Å². The number of aromatic nitrogens is 1. The summed E-state index contributed by atoms with van der Waals surface area (Å²) in [4.78, 5) is 4.72. The van der Waals surface area contributed by atoms with Crippen molar-refractivity contribution in [1.82, 2.24) is 10.3 Å². The maximum absolute atomic E-state index is 4.72. The van der Waals surface area contributed by atoms with Gasteiger partial charge >= 0.3 is 0 Å². The lowest BCUT2D eigenvalue weighted by Gasteiger charge is -2.32. The van der Waals surface area contributed by atoms with Gasteiger partial charge in [-0.25, -0.2) is 0 Å². The third-order valence-electron chi connectivity index (χ3n) is 4.94. The molecule has 1 aromatic rings. The minimum absolute atomic E-state index is 0.732. The first-order chi connectivity index (χ1) is 8.90. The molecule has 0 aromatic carbocycles. The Kier molecular flexibility index (Phi) is 3.64. The molecule has 18 heavy (non-hydrogen) atoms. The van der Waals surface area contributed by atoms with Crippen LogP contribution in [0.15, 0.2) is 18.3 Å². The van der Waals surface area contributed by atoms with Crippen molar-refractivity contribution in [2.24, 2.45) is 11.8 Å². The molecular formula is C16H24N2. The quantitative estimate of drug-likeness (QED) is 0.883. The Bertz CT molecular complexity index is 402. The normalized spacial score (nSPS) is 31.3. The van der Waals surface area contributed by atoms with Crippen molar-refractivity contribution in [3.05, 3.63) is 29.6 Å². The molecule has 3 unspecified atom stereocenters. The van der Waals surface area contributed by atoms with Crippen LogP contribution in [0, 0.1) is 11.8 Å². The molecule has 0 saturated heterocycles. The lowest BCUT2D eigenvalue weighted by Crippen LogP contribution is -2.28. The molecule has 2 aliphatic carbocycles. The van der Waals surface area contributed by atoms with Gasteiger partial charge in [0.25, 0.3) is 0 Å². The van der Waals surface area contributed by atoms with Crippen molar-refractivity contribution >= 4 is 0 Å². The van der Waals surface area contributed by atoms with Crippen molar-refractivity contribution in [3.63, 3.8) is 0 Å². The third-order valence-corrected chi connectivity index (χ3v) is 4.94. The highest BCUT2D eigenvalue weighted by molar-refractivity contribution is 5.27. The number of hydrogen-bond acceptors (Lipinski definition) is 2. The lowest BCUT2D eigenvalue weighted by molar-refractivity contribution is 0.290. The zero-order valence-corrected chi connectivity index (χ0v) is 11.4. The molecule has 98 valence electrons. The number of nitrogens with zero attached hydrogens (tertiary/aromatic N) is 1. The molecule has 2 aliphatic rings. The van der Waals surface area contributed by atoms with E-state index in [1.54, 1.807) is 0 Å². The van der Waals surface area contributed by atoms with Crippen LogP contribution in [0.5, 0.6) is 0 Å². The predicted octanol–water partition coefficient (Wildman–Crippen LogP) is 3.14. The summed E-state index contributed by atoms with van der Waals surface area (Å²) < 4.78 is 0. The van der Waals surface area contributed by atoms with E-state index in [-0.39, 0.29) is 0 Å². The summed E-state index contributed by atoms with van der Waals surface area (Å²) in [6.07, 6.45) is 10.2. The van der Waals surface area contributed by atoms with Crippen LogP contribution in [0.25, 0.3) is 0 Å². The summed E-state index contributed by atoms with van der Waals surface area (Å²) in [6.45, 7) is 1.18. The SMILES string of the molecule is CNCC1CCCC1C1CCCc2cccnc21. The molecule has 1 aromatic heterocycles. The van der Waals surface area contributed by atoms with Crippen molar-refractivity contribution in [3.8, 4) is 0 Å². The molecule has 3 atom stereocenters. The topological polar surface area (TPSA) is 24.9 Å². The van der Waals surface area contributed by atoms with Crippen molar-refractivity contribution in [2.45, 2.75) is 44.4 Å². The average molecular weight is 244 g/mol. The predicted molar refractivity (Wildman–Crippen MR) is 74.7 cm³/mol. The van der Waals surface area contributed by atoms with Gasteiger partial charge in [-0.15, -0.1) is 0 Å². The molecule has 3 rings (SSSR count). The zero-order valence-electron chi connectivity index (χ0n) is 11.4. The van der Waals surface area contributed by atoms with E-state index in [4.69, 9.17) is 4.98 Å². The molecule has 0 bridgehead atoms. The van der Waals surface area contributed by atoms with Crippen molar-refractivity contribution < 1.29 is 0 Å². The van der Waals surface area contributed by atoms with Crippen LogP contribution in [-0.2, 0) is 6.42 Å². The van der Waals surface area contributed by atoms with E-state index in [0.29, 0.717) is 0 Å². The maximum atomic E-state index is 4.72. The van der Waals surface area contributed by atoms with E-state index in [1.165, 1.54) is 56.3 Å². The second-order valence-corrected chi connectivity index (χ2v) is 5.96. The van der Waals surface area contributed by atoms with E-state index < -0.39 is 0 Å². The summed E-state index contributed by atoms with van der Waals surface area (Å²) in [5.41, 5.74) is 2.95. The highest BCUT2D eigenvalue weighted by Crippen LogP contribution is 2.45. The van der Waals surface area contributed by atoms with Crippen LogP contribution in [0.2, 0.25) is 0 Å². The second kappa shape index (κ2) is 5.40. The van der Waals surface area contributed by atoms with Crippen LogP contribution < -0.4 is 5.32 Å². The third kappa shape index (κ3) is 2.18. The second-order valence-electron chi connectivity index (χ2n) is 5.96. The molecular weight excluding hydrogens is 220 g/mol. The van der Waals surface area contributed by atoms with Gasteiger partial charge in [-0.1, -0.05) is 12.5 Å². The summed E-state index contributed by atoms with van der Waals surface area (Å²) in [5.74, 6) is 2.47. The summed E-state index contributed by atoms with van der Waals surface area (Å²) in [7, 11) is 2.09. The van der Waals surface area contributed by atoms with Gasteiger partial charge in [0.2, 0.25) is 0 Å². The summed E-state index contributed by atoms with van der Waals surface area (Å²) >= 11 is 0. The molecule has 1 saturated carbocycles. The van der Waals surface area contributed by atoms with Gasteiger partial charge in [-0.05, 0) is 69.2 Å². The monoisotopic (exact) mass is 244 g/mol. The molecule has 0 aliphatic heterocycles. The lowest BCUT2D eigenvalue weighted by atomic mass is 9.74. The van der Waals surface area contributed by atoms with Crippen LogP contribution in [0.4, 0.5) is 0 Å². The first-order valence-electron chi connectivity index (χ1n) is 7.48. The summed E-state index contributed by atoms with van der Waals surface area (Å²) in [5, 5.41) is 3.38. The number of hydrogen-bond donors (Lipinski definition) is 1. The van der Waals surface area contributed by atoms with Crippen LogP contribution in [-0.4, -0.2) is 18.6 Å². The number of pyridine rings is 1. The molecule has 1 fully saturated rings. The van der Waals surface area contributed by atoms with Gasteiger partial charge in [0.15, 0.2) is 0 Å². The minimum atomic E-state index is 0.732. The Balaban J connectivity index is 1.84. The largest absolute Gasteiger partial charge is 0.319 e. The highest BCUT2D eigenvalue weighted by Gasteiger charge is 2.36. The van der Waals surface area contributed by atoms with Gasteiger partial charge < -0.3 is 5.32 Å². The van der Waals surface area contributed by atoms with Gasteiger partial charge in [0.1, 0.15) is 0 Å². The van der Waals surface area contributed by atoms with Crippen LogP contribution >= 0.6 is 0 Å². The van der Waals surface area contributed by atoms with Gasteiger partial charge in [-0.3, -0.25) is 4.98 Å². The van der Waals surface area contributed by atoms with Crippen LogP contribution in [0.1, 0.15) is 49.3 Å². The molecule has 0 radical (unpaired) electrons. The molecule has 1 heterocycles. The molecule has 2 nitrogen and oxygen atoms in total. The van der Waals surface area contributed by atoms with Gasteiger partial charge in [-0.2, -0.15) is 0 Å². The van der Waals surface area contributed by atoms with Crippen molar-refractivity contribution in [1.29, 1.82) is 0 Å². The number of nitrogens with one attached hydrogen (secondary N) is 1.